The number of rotatable bonds is 2. The summed E-state index contributed by atoms with van der Waals surface area (Å²) in [4.78, 5) is 11.6. The largest absolute Gasteiger partial charge is 0.384 e. The molecule has 0 radical (unpaired) electrons. The van der Waals surface area contributed by atoms with Gasteiger partial charge < -0.3 is 15.7 Å². The molecular weight excluding hydrogens is 228 g/mol. The molecule has 1 aromatic rings. The van der Waals surface area contributed by atoms with Gasteiger partial charge in [-0.1, -0.05) is 17.9 Å². The van der Waals surface area contributed by atoms with Gasteiger partial charge in [-0.05, 0) is 38.5 Å². The fourth-order valence-corrected chi connectivity index (χ4v) is 1.43. The highest BCUT2D eigenvalue weighted by Crippen LogP contribution is 2.16. The molecule has 4 heteroatoms. The average molecular weight is 246 g/mol. The van der Waals surface area contributed by atoms with Gasteiger partial charge in [-0.25, -0.2) is 4.79 Å². The number of aliphatic hydroxyl groups is 1. The molecule has 1 aromatic carbocycles. The number of amides is 2. The van der Waals surface area contributed by atoms with Crippen molar-refractivity contribution in [2.75, 3.05) is 11.9 Å². The predicted molar refractivity (Wildman–Crippen MR) is 72.4 cm³/mol. The van der Waals surface area contributed by atoms with Gasteiger partial charge in [-0.15, -0.1) is 0 Å². The van der Waals surface area contributed by atoms with Gasteiger partial charge in [0.1, 0.15) is 6.61 Å². The van der Waals surface area contributed by atoms with Crippen LogP contribution in [0, 0.1) is 18.8 Å². The van der Waals surface area contributed by atoms with Crippen molar-refractivity contribution in [3.63, 3.8) is 0 Å². The summed E-state index contributed by atoms with van der Waals surface area (Å²) in [6, 6.07) is 5.39. The molecule has 18 heavy (non-hydrogen) atoms. The molecule has 1 rings (SSSR count). The van der Waals surface area contributed by atoms with Crippen molar-refractivity contribution in [2.24, 2.45) is 0 Å². The Morgan fingerprint density at radius 3 is 2.78 bits per heavy atom. The molecule has 0 spiro atoms. The van der Waals surface area contributed by atoms with Gasteiger partial charge in [0.25, 0.3) is 0 Å². The normalized spacial score (nSPS) is 9.61. The van der Waals surface area contributed by atoms with Gasteiger partial charge in [0.05, 0.1) is 5.69 Å². The number of hydrogen-bond donors (Lipinski definition) is 3. The third-order valence-electron chi connectivity index (χ3n) is 2.15. The van der Waals surface area contributed by atoms with Crippen molar-refractivity contribution in [3.8, 4) is 11.8 Å². The van der Waals surface area contributed by atoms with E-state index in [0.717, 1.165) is 5.56 Å². The Labute approximate surface area is 107 Å². The summed E-state index contributed by atoms with van der Waals surface area (Å²) < 4.78 is 0. The lowest BCUT2D eigenvalue weighted by atomic mass is 10.1. The monoisotopic (exact) mass is 246 g/mol. The molecule has 0 aliphatic carbocycles. The molecule has 0 heterocycles. The van der Waals surface area contributed by atoms with E-state index >= 15 is 0 Å². The number of carbonyl (C=O) groups excluding carboxylic acids is 1. The maximum Gasteiger partial charge on any atom is 0.319 e. The second kappa shape index (κ2) is 6.67. The van der Waals surface area contributed by atoms with E-state index in [1.165, 1.54) is 0 Å². The standard InChI is InChI=1S/C14H18N2O2/c1-10(2)15-14(18)16-13-9-11(3)6-7-12(13)5-4-8-17/h6-7,9-10,17H,8H2,1-3H3,(H2,15,16,18). The van der Waals surface area contributed by atoms with E-state index in [4.69, 9.17) is 5.11 Å². The van der Waals surface area contributed by atoms with Crippen LogP contribution in [0.25, 0.3) is 0 Å². The summed E-state index contributed by atoms with van der Waals surface area (Å²) in [5, 5.41) is 14.2. The first-order valence-corrected chi connectivity index (χ1v) is 5.81. The fourth-order valence-electron chi connectivity index (χ4n) is 1.43. The molecule has 96 valence electrons. The Morgan fingerprint density at radius 1 is 1.44 bits per heavy atom. The summed E-state index contributed by atoms with van der Waals surface area (Å²) >= 11 is 0. The smallest absolute Gasteiger partial charge is 0.319 e. The highest BCUT2D eigenvalue weighted by atomic mass is 16.2. The van der Waals surface area contributed by atoms with Crippen molar-refractivity contribution in [2.45, 2.75) is 26.8 Å². The van der Waals surface area contributed by atoms with Crippen LogP contribution in [-0.4, -0.2) is 23.8 Å². The number of urea groups is 1. The van der Waals surface area contributed by atoms with Crippen LogP contribution in [0.1, 0.15) is 25.0 Å². The van der Waals surface area contributed by atoms with Crippen molar-refractivity contribution in [3.05, 3.63) is 29.3 Å². The molecule has 0 aliphatic heterocycles. The van der Waals surface area contributed by atoms with E-state index < -0.39 is 0 Å². The van der Waals surface area contributed by atoms with Crippen LogP contribution in [0.3, 0.4) is 0 Å². The topological polar surface area (TPSA) is 61.4 Å². The molecule has 3 N–H and O–H groups in total. The van der Waals surface area contributed by atoms with E-state index in [1.807, 2.05) is 39.0 Å². The Bertz CT molecular complexity index is 484. The van der Waals surface area contributed by atoms with Crippen LogP contribution >= 0.6 is 0 Å². The fraction of sp³-hybridized carbons (Fsp3) is 0.357. The SMILES string of the molecule is Cc1ccc(C#CCO)c(NC(=O)NC(C)C)c1. The van der Waals surface area contributed by atoms with Crippen molar-refractivity contribution >= 4 is 11.7 Å². The van der Waals surface area contributed by atoms with Crippen LogP contribution < -0.4 is 10.6 Å². The maximum absolute atomic E-state index is 11.6. The predicted octanol–water partition coefficient (Wildman–Crippen LogP) is 1.87. The molecular formula is C14H18N2O2. The van der Waals surface area contributed by atoms with Crippen molar-refractivity contribution in [1.29, 1.82) is 0 Å². The first-order chi connectivity index (χ1) is 8.52. The van der Waals surface area contributed by atoms with Gasteiger partial charge in [0.15, 0.2) is 0 Å². The van der Waals surface area contributed by atoms with Crippen molar-refractivity contribution in [1.82, 2.24) is 5.32 Å². The van der Waals surface area contributed by atoms with Crippen LogP contribution in [-0.2, 0) is 0 Å². The van der Waals surface area contributed by atoms with E-state index in [0.29, 0.717) is 11.3 Å². The highest BCUT2D eigenvalue weighted by Gasteiger charge is 2.06. The molecule has 0 saturated heterocycles. The first-order valence-electron chi connectivity index (χ1n) is 5.81. The van der Waals surface area contributed by atoms with Crippen LogP contribution in [0.2, 0.25) is 0 Å². The van der Waals surface area contributed by atoms with Gasteiger partial charge in [-0.3, -0.25) is 0 Å². The minimum Gasteiger partial charge on any atom is -0.384 e. The Balaban J connectivity index is 2.92. The van der Waals surface area contributed by atoms with E-state index in [2.05, 4.69) is 22.5 Å². The van der Waals surface area contributed by atoms with Crippen LogP contribution in [0.4, 0.5) is 10.5 Å². The summed E-state index contributed by atoms with van der Waals surface area (Å²) in [6.07, 6.45) is 0. The Morgan fingerprint density at radius 2 is 2.17 bits per heavy atom. The van der Waals surface area contributed by atoms with Gasteiger partial charge in [-0.2, -0.15) is 0 Å². The lowest BCUT2D eigenvalue weighted by Crippen LogP contribution is -2.34. The molecule has 0 bridgehead atoms. The molecule has 0 fully saturated rings. The Kier molecular flexibility index (Phi) is 5.22. The van der Waals surface area contributed by atoms with Crippen molar-refractivity contribution < 1.29 is 9.90 Å². The Hall–Kier alpha value is -1.99. The lowest BCUT2D eigenvalue weighted by molar-refractivity contribution is 0.250. The zero-order chi connectivity index (χ0) is 13.5. The second-order valence-corrected chi connectivity index (χ2v) is 4.26. The van der Waals surface area contributed by atoms with Gasteiger partial charge >= 0.3 is 6.03 Å². The minimum absolute atomic E-state index is 0.0711. The molecule has 0 unspecified atom stereocenters. The van der Waals surface area contributed by atoms with E-state index in [-0.39, 0.29) is 18.7 Å². The summed E-state index contributed by atoms with van der Waals surface area (Å²) in [5.41, 5.74) is 2.37. The number of benzene rings is 1. The average Bonchev–Trinajstić information content (AvgIpc) is 2.26. The van der Waals surface area contributed by atoms with E-state index in [9.17, 15) is 4.79 Å². The number of anilines is 1. The lowest BCUT2D eigenvalue weighted by Gasteiger charge is -2.12. The molecule has 0 saturated carbocycles. The van der Waals surface area contributed by atoms with Crippen LogP contribution in [0.15, 0.2) is 18.2 Å². The number of aliphatic hydroxyl groups excluding tert-OH is 1. The third-order valence-corrected chi connectivity index (χ3v) is 2.15. The van der Waals surface area contributed by atoms with E-state index in [1.54, 1.807) is 0 Å². The highest BCUT2D eigenvalue weighted by molar-refractivity contribution is 5.91. The van der Waals surface area contributed by atoms with Gasteiger partial charge in [0.2, 0.25) is 0 Å². The van der Waals surface area contributed by atoms with Crippen LogP contribution in [0.5, 0.6) is 0 Å². The summed E-state index contributed by atoms with van der Waals surface area (Å²) in [7, 11) is 0. The molecule has 0 atom stereocenters. The quantitative estimate of drug-likeness (QED) is 0.698. The zero-order valence-electron chi connectivity index (χ0n) is 10.9. The first kappa shape index (κ1) is 14.1. The summed E-state index contributed by atoms with van der Waals surface area (Å²) in [6.45, 7) is 5.52. The second-order valence-electron chi connectivity index (χ2n) is 4.26. The maximum atomic E-state index is 11.6. The number of aryl methyl sites for hydroxylation is 1. The van der Waals surface area contributed by atoms with Gasteiger partial charge in [0, 0.05) is 11.6 Å². The number of hydrogen-bond acceptors (Lipinski definition) is 2. The number of carbonyl (C=O) groups is 1. The molecule has 0 aromatic heterocycles. The zero-order valence-corrected chi connectivity index (χ0v) is 10.9. The number of nitrogens with one attached hydrogen (secondary N) is 2. The molecule has 4 nitrogen and oxygen atoms in total. The molecule has 2 amide bonds. The minimum atomic E-state index is -0.261. The summed E-state index contributed by atoms with van der Waals surface area (Å²) in [5.74, 6) is 5.38. The third kappa shape index (κ3) is 4.48. The molecule has 0 aliphatic rings.